The summed E-state index contributed by atoms with van der Waals surface area (Å²) in [7, 11) is -4.88. The fraction of sp³-hybridized carbons (Fsp3) is 0.417. The van der Waals surface area contributed by atoms with Gasteiger partial charge in [0, 0.05) is 23.5 Å². The van der Waals surface area contributed by atoms with Crippen LogP contribution in [-0.2, 0) is 29.5 Å². The zero-order valence-electron chi connectivity index (χ0n) is 22.9. The van der Waals surface area contributed by atoms with E-state index in [1.807, 2.05) is 0 Å². The molecule has 2 fully saturated rings. The molecule has 3 heterocycles. The molecule has 3 atom stereocenters. The lowest BCUT2D eigenvalue weighted by Crippen LogP contribution is -2.77. The largest absolute Gasteiger partial charge is 0.489 e. The van der Waals surface area contributed by atoms with Crippen molar-refractivity contribution >= 4 is 56.1 Å². The lowest BCUT2D eigenvalue weighted by molar-refractivity contribution is -0.152. The third-order valence-corrected chi connectivity index (χ3v) is 8.45. The molecule has 43 heavy (non-hydrogen) atoms. The number of carboxylic acid groups (broad SMARTS) is 1. The van der Waals surface area contributed by atoms with E-state index >= 15 is 0 Å². The first-order chi connectivity index (χ1) is 20.2. The number of nitrogens with one attached hydrogen (secondary N) is 4. The Balaban J connectivity index is 1.43. The van der Waals surface area contributed by atoms with Crippen LogP contribution in [0.5, 0.6) is 5.75 Å². The molecule has 0 unspecified atom stereocenters. The van der Waals surface area contributed by atoms with Crippen LogP contribution in [0.4, 0.5) is 5.13 Å². The van der Waals surface area contributed by atoms with Gasteiger partial charge in [-0.3, -0.25) is 19.6 Å². The SMILES string of the molecule is CC1(C)[C@H](NC(=O)C(=NO[C@@H](COc2ccc(C(=N)N[C@H]3CCNC3)cc2)C(=O)O)c2csc(N)n2)C(=O)N1S(=O)(=O)O. The minimum atomic E-state index is -4.88. The molecule has 1 aromatic carbocycles. The maximum atomic E-state index is 13.1. The number of ether oxygens (including phenoxy) is 1. The van der Waals surface area contributed by atoms with Crippen LogP contribution < -0.4 is 26.4 Å². The van der Waals surface area contributed by atoms with Gasteiger partial charge in [-0.15, -0.1) is 11.3 Å². The smallest absolute Gasteiger partial charge is 0.362 e. The summed E-state index contributed by atoms with van der Waals surface area (Å²) in [5.41, 5.74) is 4.11. The number of carboxylic acids is 1. The molecule has 4 rings (SSSR count). The summed E-state index contributed by atoms with van der Waals surface area (Å²) < 4.78 is 38.2. The van der Waals surface area contributed by atoms with Crippen LogP contribution in [-0.4, -0.2) is 100 Å². The van der Waals surface area contributed by atoms with Crippen LogP contribution in [0.1, 0.15) is 31.5 Å². The fourth-order valence-corrected chi connectivity index (χ4v) is 6.00. The van der Waals surface area contributed by atoms with Crippen molar-refractivity contribution in [1.82, 2.24) is 25.2 Å². The third kappa shape index (κ3) is 7.19. The van der Waals surface area contributed by atoms with Crippen LogP contribution in [0, 0.1) is 5.41 Å². The van der Waals surface area contributed by atoms with Crippen molar-refractivity contribution in [1.29, 1.82) is 5.41 Å². The standard InChI is InChI=1S/C24H30N8O9S2/c1-24(2)18(21(34)32(24)43(37,38)39)30-20(33)17(15-11-42-23(26)29-15)31-41-16(22(35)36)10-40-14-5-3-12(4-6-14)19(25)28-13-7-8-27-9-13/h3-6,11,13,16,18,27H,7-10H2,1-2H3,(H2,25,28)(H2,26,29)(H,30,33)(H,35,36)(H,37,38,39)/t13-,16-,18+/m0/s1. The molecule has 0 spiro atoms. The number of carbonyl (C=O) groups is 3. The number of benzene rings is 1. The Morgan fingerprint density at radius 2 is 2.02 bits per heavy atom. The van der Waals surface area contributed by atoms with E-state index in [1.165, 1.54) is 19.2 Å². The number of thiazole rings is 1. The number of nitrogens with two attached hydrogens (primary N) is 1. The van der Waals surface area contributed by atoms with Gasteiger partial charge in [-0.2, -0.15) is 8.42 Å². The zero-order chi connectivity index (χ0) is 31.5. The first-order valence-electron chi connectivity index (χ1n) is 12.8. The molecule has 1 aromatic heterocycles. The van der Waals surface area contributed by atoms with E-state index in [-0.39, 0.29) is 32.8 Å². The van der Waals surface area contributed by atoms with E-state index in [1.54, 1.807) is 24.3 Å². The van der Waals surface area contributed by atoms with Gasteiger partial charge < -0.3 is 36.4 Å². The molecule has 19 heteroatoms. The predicted molar refractivity (Wildman–Crippen MR) is 153 cm³/mol. The highest BCUT2D eigenvalue weighted by Gasteiger charge is 2.60. The topological polar surface area (TPSA) is 259 Å². The van der Waals surface area contributed by atoms with Gasteiger partial charge in [0.05, 0.1) is 5.54 Å². The van der Waals surface area contributed by atoms with E-state index in [0.29, 0.717) is 5.56 Å². The Labute approximate surface area is 249 Å². The van der Waals surface area contributed by atoms with Crippen molar-refractivity contribution in [2.45, 2.75) is 44.0 Å². The van der Waals surface area contributed by atoms with Gasteiger partial charge in [-0.25, -0.2) is 14.1 Å². The Kier molecular flexibility index (Phi) is 9.18. The molecule has 8 N–H and O–H groups in total. The average molecular weight is 639 g/mol. The van der Waals surface area contributed by atoms with Gasteiger partial charge in [-0.05, 0) is 51.1 Å². The van der Waals surface area contributed by atoms with Crippen LogP contribution in [0.25, 0.3) is 0 Å². The summed E-state index contributed by atoms with van der Waals surface area (Å²) in [6.07, 6.45) is -0.782. The fourth-order valence-electron chi connectivity index (χ4n) is 4.42. The van der Waals surface area contributed by atoms with E-state index in [9.17, 15) is 32.5 Å². The summed E-state index contributed by atoms with van der Waals surface area (Å²) in [6, 6.07) is 5.19. The van der Waals surface area contributed by atoms with E-state index in [0.717, 1.165) is 30.8 Å². The number of nitrogen functional groups attached to an aromatic ring is 1. The summed E-state index contributed by atoms with van der Waals surface area (Å²) >= 11 is 0.952. The summed E-state index contributed by atoms with van der Waals surface area (Å²) in [6.45, 7) is 3.74. The highest BCUT2D eigenvalue weighted by Crippen LogP contribution is 2.34. The number of nitrogens with zero attached hydrogens (tertiary/aromatic N) is 3. The van der Waals surface area contributed by atoms with Crippen molar-refractivity contribution < 1.29 is 42.0 Å². The molecule has 2 aliphatic rings. The number of hydrogen-bond acceptors (Lipinski definition) is 13. The summed E-state index contributed by atoms with van der Waals surface area (Å²) in [4.78, 5) is 46.5. The molecule has 0 bridgehead atoms. The number of amides is 2. The van der Waals surface area contributed by atoms with Crippen LogP contribution in [0.2, 0.25) is 0 Å². The van der Waals surface area contributed by atoms with Gasteiger partial charge in [0.15, 0.2) is 10.8 Å². The highest BCUT2D eigenvalue weighted by molar-refractivity contribution is 7.84. The first-order valence-corrected chi connectivity index (χ1v) is 15.1. The maximum absolute atomic E-state index is 13.1. The van der Waals surface area contributed by atoms with Crippen molar-refractivity contribution in [3.8, 4) is 5.75 Å². The number of aromatic nitrogens is 1. The maximum Gasteiger partial charge on any atom is 0.362 e. The Bertz CT molecular complexity index is 1540. The number of rotatable bonds is 12. The van der Waals surface area contributed by atoms with Crippen molar-refractivity contribution in [2.75, 3.05) is 25.4 Å². The molecule has 0 aliphatic carbocycles. The molecule has 2 aliphatic heterocycles. The van der Waals surface area contributed by atoms with Gasteiger partial charge in [0.1, 0.15) is 29.9 Å². The van der Waals surface area contributed by atoms with Gasteiger partial charge in [0.25, 0.3) is 17.9 Å². The molecule has 2 amide bonds. The minimum Gasteiger partial charge on any atom is -0.489 e. The molecule has 2 saturated heterocycles. The Hall–Kier alpha value is -4.33. The van der Waals surface area contributed by atoms with Crippen molar-refractivity contribution in [2.24, 2.45) is 5.16 Å². The molecule has 232 valence electrons. The van der Waals surface area contributed by atoms with Gasteiger partial charge in [0.2, 0.25) is 0 Å². The molecule has 2 aromatic rings. The third-order valence-electron chi connectivity index (χ3n) is 6.66. The lowest BCUT2D eigenvalue weighted by atomic mass is 9.85. The quantitative estimate of drug-likeness (QED) is 0.0493. The molecular weight excluding hydrogens is 608 g/mol. The van der Waals surface area contributed by atoms with Crippen LogP contribution in [0.15, 0.2) is 34.8 Å². The zero-order valence-corrected chi connectivity index (χ0v) is 24.6. The second-order valence-electron chi connectivity index (χ2n) is 10.1. The number of aliphatic carboxylic acids is 1. The molecule has 17 nitrogen and oxygen atoms in total. The van der Waals surface area contributed by atoms with E-state index < -0.39 is 58.1 Å². The number of β-lactam (4-membered cyclic amide) rings is 1. The second kappa shape index (κ2) is 12.5. The number of oxime groups is 1. The van der Waals surface area contributed by atoms with Crippen LogP contribution in [0.3, 0.4) is 0 Å². The summed E-state index contributed by atoms with van der Waals surface area (Å²) in [5, 5.41) is 31.6. The Morgan fingerprint density at radius 1 is 1.33 bits per heavy atom. The van der Waals surface area contributed by atoms with E-state index in [2.05, 4.69) is 26.1 Å². The van der Waals surface area contributed by atoms with E-state index in [4.69, 9.17) is 20.7 Å². The number of amidine groups is 1. The molecule has 0 radical (unpaired) electrons. The monoisotopic (exact) mass is 638 g/mol. The number of carbonyl (C=O) groups excluding carboxylic acids is 2. The van der Waals surface area contributed by atoms with Crippen molar-refractivity contribution in [3.63, 3.8) is 0 Å². The normalized spacial score (nSPS) is 20.6. The number of hydrogen-bond donors (Lipinski definition) is 7. The van der Waals surface area contributed by atoms with Crippen molar-refractivity contribution in [3.05, 3.63) is 40.9 Å². The molecular formula is C24H30N8O9S2. The first kappa shape index (κ1) is 31.6. The highest BCUT2D eigenvalue weighted by atomic mass is 32.2. The second-order valence-corrected chi connectivity index (χ2v) is 12.3. The molecule has 0 saturated carbocycles. The predicted octanol–water partition coefficient (Wildman–Crippen LogP) is -0.837. The minimum absolute atomic E-state index is 0.0536. The number of anilines is 1. The Morgan fingerprint density at radius 3 is 2.56 bits per heavy atom. The van der Waals surface area contributed by atoms with Gasteiger partial charge >= 0.3 is 16.3 Å². The summed E-state index contributed by atoms with van der Waals surface area (Å²) in [5.74, 6) is -3.07. The van der Waals surface area contributed by atoms with Crippen LogP contribution >= 0.6 is 11.3 Å². The van der Waals surface area contributed by atoms with Gasteiger partial charge in [-0.1, -0.05) is 5.16 Å². The lowest BCUT2D eigenvalue weighted by Gasteiger charge is -2.50. The average Bonchev–Trinajstić information content (AvgIpc) is 3.60.